The molecule has 0 spiro atoms. The summed E-state index contributed by atoms with van der Waals surface area (Å²) in [4.78, 5) is 14.1. The number of nitrogens with one attached hydrogen (secondary N) is 1. The lowest BCUT2D eigenvalue weighted by Crippen LogP contribution is -2.49. The first-order valence-electron chi connectivity index (χ1n) is 6.73. The Hall–Kier alpha value is -0.820. The van der Waals surface area contributed by atoms with Gasteiger partial charge in [0.2, 0.25) is 5.91 Å². The molecule has 0 bridgehead atoms. The van der Waals surface area contributed by atoms with Crippen LogP contribution in [0.1, 0.15) is 6.92 Å². The van der Waals surface area contributed by atoms with E-state index in [0.717, 1.165) is 0 Å². The quantitative estimate of drug-likeness (QED) is 0.863. The van der Waals surface area contributed by atoms with Crippen LogP contribution in [0.4, 0.5) is 0 Å². The smallest absolute Gasteiger partial charge is 0.226 e. The van der Waals surface area contributed by atoms with E-state index in [-0.39, 0.29) is 42.7 Å². The van der Waals surface area contributed by atoms with Gasteiger partial charge in [-0.3, -0.25) is 9.48 Å². The number of aromatic nitrogens is 2. The molecule has 1 aromatic heterocycles. The zero-order valence-electron chi connectivity index (χ0n) is 12.4. The summed E-state index contributed by atoms with van der Waals surface area (Å²) in [6, 6.07) is 1.89. The lowest BCUT2D eigenvalue weighted by atomic mass is 10.1. The normalized spacial score (nSPS) is 19.3. The molecule has 1 aliphatic rings. The number of carbonyl (C=O) groups is 1. The van der Waals surface area contributed by atoms with Crippen LogP contribution < -0.4 is 5.32 Å². The molecule has 2 unspecified atom stereocenters. The number of amides is 1. The van der Waals surface area contributed by atoms with Gasteiger partial charge in [-0.05, 0) is 13.1 Å². The summed E-state index contributed by atoms with van der Waals surface area (Å²) < 4.78 is 7.54. The lowest BCUT2D eigenvalue weighted by Gasteiger charge is -2.34. The fourth-order valence-electron chi connectivity index (χ4n) is 2.35. The van der Waals surface area contributed by atoms with E-state index in [1.54, 1.807) is 6.20 Å². The first-order chi connectivity index (χ1) is 9.20. The maximum Gasteiger partial charge on any atom is 0.226 e. The lowest BCUT2D eigenvalue weighted by molar-refractivity contribution is -0.143. The van der Waals surface area contributed by atoms with Gasteiger partial charge in [-0.1, -0.05) is 6.92 Å². The third-order valence-corrected chi connectivity index (χ3v) is 3.33. The molecule has 1 aliphatic heterocycles. The summed E-state index contributed by atoms with van der Waals surface area (Å²) in [5.41, 5.74) is 0. The van der Waals surface area contributed by atoms with Crippen LogP contribution in [0.5, 0.6) is 0 Å². The molecule has 1 amide bonds. The summed E-state index contributed by atoms with van der Waals surface area (Å²) in [6.07, 6.45) is 3.69. The van der Waals surface area contributed by atoms with Gasteiger partial charge in [0.25, 0.3) is 0 Å². The largest absolute Gasteiger partial charge is 0.373 e. The third-order valence-electron chi connectivity index (χ3n) is 3.33. The molecule has 0 aromatic carbocycles. The number of halogens is 2. The molecule has 0 radical (unpaired) electrons. The minimum atomic E-state index is 0. The monoisotopic (exact) mass is 338 g/mol. The number of carbonyl (C=O) groups excluding carboxylic acids is 1. The minimum Gasteiger partial charge on any atom is -0.373 e. The SMILES string of the molecule is CNCC(C)C(=O)N1CCOC(Cn2cccn2)C1.Cl.Cl. The van der Waals surface area contributed by atoms with Crippen molar-refractivity contribution in [2.45, 2.75) is 19.6 Å². The number of morpholine rings is 1. The van der Waals surface area contributed by atoms with E-state index >= 15 is 0 Å². The van der Waals surface area contributed by atoms with E-state index in [0.29, 0.717) is 32.8 Å². The molecule has 2 rings (SSSR count). The van der Waals surface area contributed by atoms with Crippen molar-refractivity contribution in [3.63, 3.8) is 0 Å². The molecule has 6 nitrogen and oxygen atoms in total. The highest BCUT2D eigenvalue weighted by atomic mass is 35.5. The Morgan fingerprint density at radius 1 is 1.52 bits per heavy atom. The van der Waals surface area contributed by atoms with Gasteiger partial charge < -0.3 is 15.0 Å². The Bertz CT molecular complexity index is 403. The molecule has 122 valence electrons. The Morgan fingerprint density at radius 3 is 2.90 bits per heavy atom. The maximum absolute atomic E-state index is 12.2. The van der Waals surface area contributed by atoms with Gasteiger partial charge in [-0.25, -0.2) is 0 Å². The molecule has 1 fully saturated rings. The van der Waals surface area contributed by atoms with Crippen LogP contribution in [0.25, 0.3) is 0 Å². The molecule has 2 atom stereocenters. The molecule has 2 heterocycles. The van der Waals surface area contributed by atoms with Crippen molar-refractivity contribution >= 4 is 30.7 Å². The highest BCUT2D eigenvalue weighted by molar-refractivity contribution is 5.85. The topological polar surface area (TPSA) is 59.4 Å². The van der Waals surface area contributed by atoms with Crippen LogP contribution in [-0.4, -0.2) is 60.0 Å². The Morgan fingerprint density at radius 2 is 2.29 bits per heavy atom. The van der Waals surface area contributed by atoms with Crippen molar-refractivity contribution in [2.75, 3.05) is 33.3 Å². The number of hydrogen-bond acceptors (Lipinski definition) is 4. The van der Waals surface area contributed by atoms with Crippen molar-refractivity contribution in [3.8, 4) is 0 Å². The fraction of sp³-hybridized carbons (Fsp3) is 0.692. The van der Waals surface area contributed by atoms with E-state index in [4.69, 9.17) is 4.74 Å². The standard InChI is InChI=1S/C13H22N4O2.2ClH/c1-11(8-14-2)13(18)16-6-7-19-12(9-16)10-17-5-3-4-15-17;;/h3-5,11-12,14H,6-10H2,1-2H3;2*1H. The van der Waals surface area contributed by atoms with Crippen LogP contribution in [-0.2, 0) is 16.1 Å². The summed E-state index contributed by atoms with van der Waals surface area (Å²) in [5.74, 6) is 0.205. The second-order valence-corrected chi connectivity index (χ2v) is 4.96. The zero-order valence-corrected chi connectivity index (χ0v) is 14.0. The van der Waals surface area contributed by atoms with E-state index < -0.39 is 0 Å². The van der Waals surface area contributed by atoms with Gasteiger partial charge in [0, 0.05) is 37.9 Å². The molecule has 8 heteroatoms. The second kappa shape index (κ2) is 10.00. The number of nitrogens with zero attached hydrogens (tertiary/aromatic N) is 3. The van der Waals surface area contributed by atoms with Crippen LogP contribution in [0.2, 0.25) is 0 Å². The molecular formula is C13H24Cl2N4O2. The van der Waals surface area contributed by atoms with E-state index in [1.807, 2.05) is 35.8 Å². The first kappa shape index (κ1) is 20.2. The van der Waals surface area contributed by atoms with Crippen LogP contribution in [0, 0.1) is 5.92 Å². The van der Waals surface area contributed by atoms with E-state index in [9.17, 15) is 4.79 Å². The predicted octanol–water partition coefficient (Wildman–Crippen LogP) is 0.810. The first-order valence-corrected chi connectivity index (χ1v) is 6.73. The van der Waals surface area contributed by atoms with Gasteiger partial charge in [0.05, 0.1) is 19.3 Å². The molecule has 0 saturated carbocycles. The van der Waals surface area contributed by atoms with Crippen molar-refractivity contribution in [2.24, 2.45) is 5.92 Å². The summed E-state index contributed by atoms with van der Waals surface area (Å²) in [5, 5.41) is 7.21. The fourth-order valence-corrected chi connectivity index (χ4v) is 2.35. The second-order valence-electron chi connectivity index (χ2n) is 4.96. The molecule has 1 N–H and O–H groups in total. The summed E-state index contributed by atoms with van der Waals surface area (Å²) in [7, 11) is 1.86. The highest BCUT2D eigenvalue weighted by Crippen LogP contribution is 2.11. The third kappa shape index (κ3) is 5.82. The van der Waals surface area contributed by atoms with Crippen molar-refractivity contribution in [3.05, 3.63) is 18.5 Å². The van der Waals surface area contributed by atoms with Crippen LogP contribution in [0.3, 0.4) is 0 Å². The summed E-state index contributed by atoms with van der Waals surface area (Å²) >= 11 is 0. The van der Waals surface area contributed by atoms with Gasteiger partial charge in [-0.2, -0.15) is 5.10 Å². The van der Waals surface area contributed by atoms with Crippen LogP contribution >= 0.6 is 24.8 Å². The Labute approximate surface area is 138 Å². The van der Waals surface area contributed by atoms with E-state index in [2.05, 4.69) is 10.4 Å². The average Bonchev–Trinajstić information content (AvgIpc) is 2.91. The van der Waals surface area contributed by atoms with Crippen molar-refractivity contribution in [1.29, 1.82) is 0 Å². The predicted molar refractivity (Wildman–Crippen MR) is 86.1 cm³/mol. The average molecular weight is 339 g/mol. The molecule has 1 saturated heterocycles. The molecule has 0 aliphatic carbocycles. The zero-order chi connectivity index (χ0) is 13.7. The highest BCUT2D eigenvalue weighted by Gasteiger charge is 2.27. The Balaban J connectivity index is 0.00000200. The van der Waals surface area contributed by atoms with Gasteiger partial charge in [0.1, 0.15) is 0 Å². The van der Waals surface area contributed by atoms with E-state index in [1.165, 1.54) is 0 Å². The van der Waals surface area contributed by atoms with Crippen LogP contribution in [0.15, 0.2) is 18.5 Å². The van der Waals surface area contributed by atoms with Crippen molar-refractivity contribution in [1.82, 2.24) is 20.0 Å². The van der Waals surface area contributed by atoms with Gasteiger partial charge in [-0.15, -0.1) is 24.8 Å². The summed E-state index contributed by atoms with van der Waals surface area (Å²) in [6.45, 7) is 5.28. The minimum absolute atomic E-state index is 0. The van der Waals surface area contributed by atoms with Gasteiger partial charge >= 0.3 is 0 Å². The maximum atomic E-state index is 12.2. The number of hydrogen-bond donors (Lipinski definition) is 1. The van der Waals surface area contributed by atoms with Gasteiger partial charge in [0.15, 0.2) is 0 Å². The van der Waals surface area contributed by atoms with Crippen molar-refractivity contribution < 1.29 is 9.53 Å². The number of ether oxygens (including phenoxy) is 1. The number of rotatable bonds is 5. The molecule has 1 aromatic rings. The molecular weight excluding hydrogens is 315 g/mol. The Kier molecular flexibility index (Phi) is 9.61. The molecule has 21 heavy (non-hydrogen) atoms.